The number of thioether (sulfide) groups is 1. The number of carbonyl (C=O) groups is 2. The predicted molar refractivity (Wildman–Crippen MR) is 97.9 cm³/mol. The summed E-state index contributed by atoms with van der Waals surface area (Å²) in [6, 6.07) is 9.39. The zero-order chi connectivity index (χ0) is 18.1. The van der Waals surface area contributed by atoms with Gasteiger partial charge in [-0.2, -0.15) is 0 Å². The Morgan fingerprint density at radius 1 is 1.15 bits per heavy atom. The lowest BCUT2D eigenvalue weighted by molar-refractivity contribution is -0.119. The smallest absolute Gasteiger partial charge is 0.321 e. The van der Waals surface area contributed by atoms with Gasteiger partial charge in [-0.15, -0.1) is 10.2 Å². The van der Waals surface area contributed by atoms with Crippen LogP contribution in [0.4, 0.5) is 4.79 Å². The van der Waals surface area contributed by atoms with Gasteiger partial charge in [0.25, 0.3) is 0 Å². The molecule has 2 saturated carbocycles. The molecule has 2 aliphatic rings. The van der Waals surface area contributed by atoms with Crippen LogP contribution in [0.3, 0.4) is 0 Å². The van der Waals surface area contributed by atoms with Crippen LogP contribution in [0.2, 0.25) is 0 Å². The zero-order valence-corrected chi connectivity index (χ0v) is 15.3. The van der Waals surface area contributed by atoms with E-state index >= 15 is 0 Å². The van der Waals surface area contributed by atoms with Crippen molar-refractivity contribution in [1.29, 1.82) is 0 Å². The van der Waals surface area contributed by atoms with Gasteiger partial charge in [0.05, 0.1) is 0 Å². The van der Waals surface area contributed by atoms with Crippen LogP contribution < -0.4 is 10.6 Å². The first-order valence-corrected chi connectivity index (χ1v) is 9.74. The lowest BCUT2D eigenvalue weighted by Gasteiger charge is -2.17. The highest BCUT2D eigenvalue weighted by Crippen LogP contribution is 2.47. The zero-order valence-electron chi connectivity index (χ0n) is 14.5. The molecular formula is C18H21N5O2S. The van der Waals surface area contributed by atoms with Crippen LogP contribution in [0, 0.1) is 0 Å². The molecule has 26 heavy (non-hydrogen) atoms. The molecule has 4 rings (SSSR count). The Morgan fingerprint density at radius 2 is 1.88 bits per heavy atom. The van der Waals surface area contributed by atoms with Crippen molar-refractivity contribution < 1.29 is 9.59 Å². The number of amides is 3. The third-order valence-electron chi connectivity index (χ3n) is 4.57. The van der Waals surface area contributed by atoms with Crippen molar-refractivity contribution in [3.05, 3.63) is 41.7 Å². The van der Waals surface area contributed by atoms with Gasteiger partial charge in [-0.3, -0.25) is 10.1 Å². The molecule has 0 aliphatic heterocycles. The van der Waals surface area contributed by atoms with Crippen molar-refractivity contribution in [3.8, 4) is 0 Å². The molecule has 7 nitrogen and oxygen atoms in total. The average Bonchev–Trinajstić information content (AvgIpc) is 3.59. The van der Waals surface area contributed by atoms with Gasteiger partial charge in [-0.1, -0.05) is 42.1 Å². The van der Waals surface area contributed by atoms with E-state index in [0.29, 0.717) is 12.0 Å². The van der Waals surface area contributed by atoms with Gasteiger partial charge in [0.15, 0.2) is 5.16 Å². The predicted octanol–water partition coefficient (Wildman–Crippen LogP) is 2.78. The Hall–Kier alpha value is -2.35. The van der Waals surface area contributed by atoms with Gasteiger partial charge in [-0.25, -0.2) is 4.79 Å². The van der Waals surface area contributed by atoms with E-state index < -0.39 is 11.3 Å². The number of nitrogens with one attached hydrogen (secondary N) is 2. The summed E-state index contributed by atoms with van der Waals surface area (Å²) >= 11 is 1.36. The van der Waals surface area contributed by atoms with E-state index in [4.69, 9.17) is 0 Å². The van der Waals surface area contributed by atoms with E-state index in [1.807, 2.05) is 30.3 Å². The van der Waals surface area contributed by atoms with E-state index in [1.165, 1.54) is 18.8 Å². The second kappa shape index (κ2) is 7.11. The second-order valence-corrected chi connectivity index (χ2v) is 7.77. The molecule has 1 aromatic carbocycles. The van der Waals surface area contributed by atoms with Crippen LogP contribution in [0.1, 0.15) is 54.3 Å². The minimum Gasteiger partial charge on any atom is -0.341 e. The summed E-state index contributed by atoms with van der Waals surface area (Å²) in [4.78, 5) is 24.3. The van der Waals surface area contributed by atoms with Crippen molar-refractivity contribution in [2.75, 3.05) is 7.05 Å². The quantitative estimate of drug-likeness (QED) is 0.762. The molecule has 0 bridgehead atoms. The van der Waals surface area contributed by atoms with Crippen molar-refractivity contribution in [2.24, 2.45) is 0 Å². The molecule has 2 aromatic rings. The molecule has 0 saturated heterocycles. The van der Waals surface area contributed by atoms with Crippen LogP contribution in [0.5, 0.6) is 0 Å². The highest BCUT2D eigenvalue weighted by atomic mass is 32.2. The molecule has 136 valence electrons. The molecule has 1 aromatic heterocycles. The van der Waals surface area contributed by atoms with Gasteiger partial charge in [0.1, 0.15) is 11.1 Å². The van der Waals surface area contributed by atoms with E-state index in [1.54, 1.807) is 0 Å². The molecule has 1 heterocycles. The van der Waals surface area contributed by atoms with Crippen molar-refractivity contribution in [3.63, 3.8) is 0 Å². The molecule has 1 unspecified atom stereocenters. The Bertz CT molecular complexity index is 814. The molecule has 0 spiro atoms. The number of aromatic nitrogens is 3. The van der Waals surface area contributed by atoms with E-state index in [-0.39, 0.29) is 5.91 Å². The van der Waals surface area contributed by atoms with Gasteiger partial charge in [0.2, 0.25) is 5.91 Å². The van der Waals surface area contributed by atoms with E-state index in [2.05, 4.69) is 25.4 Å². The van der Waals surface area contributed by atoms with Crippen molar-refractivity contribution >= 4 is 23.7 Å². The van der Waals surface area contributed by atoms with Crippen LogP contribution in [-0.4, -0.2) is 33.8 Å². The number of imide groups is 1. The summed E-state index contributed by atoms with van der Waals surface area (Å²) < 4.78 is 2.21. The first-order chi connectivity index (χ1) is 12.7. The highest BCUT2D eigenvalue weighted by molar-refractivity contribution is 8.00. The van der Waals surface area contributed by atoms with E-state index in [0.717, 1.165) is 42.2 Å². The summed E-state index contributed by atoms with van der Waals surface area (Å²) in [6.45, 7) is 0. The lowest BCUT2D eigenvalue weighted by atomic mass is 10.1. The summed E-state index contributed by atoms with van der Waals surface area (Å²) in [5.74, 6) is 1.19. The molecular weight excluding hydrogens is 350 g/mol. The first-order valence-electron chi connectivity index (χ1n) is 8.86. The number of hydrogen-bond acceptors (Lipinski definition) is 5. The monoisotopic (exact) mass is 371 g/mol. The minimum absolute atomic E-state index is 0.362. The molecule has 0 radical (unpaired) electrons. The fourth-order valence-corrected chi connectivity index (χ4v) is 4.02. The second-order valence-electron chi connectivity index (χ2n) is 6.69. The van der Waals surface area contributed by atoms with Crippen LogP contribution in [0.15, 0.2) is 35.5 Å². The molecule has 1 atom stereocenters. The Morgan fingerprint density at radius 3 is 2.50 bits per heavy atom. The van der Waals surface area contributed by atoms with Crippen LogP contribution >= 0.6 is 11.8 Å². The van der Waals surface area contributed by atoms with Gasteiger partial charge in [-0.05, 0) is 31.2 Å². The molecule has 8 heteroatoms. The SMILES string of the molecule is CNC(=O)NC(=O)C(Sc1nnc(C2CC2)n1C1CC1)c1ccccc1. The van der Waals surface area contributed by atoms with Gasteiger partial charge in [0, 0.05) is 19.0 Å². The third kappa shape index (κ3) is 3.60. The number of urea groups is 1. The molecule has 3 amide bonds. The number of rotatable bonds is 6. The number of hydrogen-bond donors (Lipinski definition) is 2. The normalized spacial score (nSPS) is 17.6. The average molecular weight is 371 g/mol. The maximum absolute atomic E-state index is 12.7. The van der Waals surface area contributed by atoms with E-state index in [9.17, 15) is 9.59 Å². The lowest BCUT2D eigenvalue weighted by Crippen LogP contribution is -2.39. The largest absolute Gasteiger partial charge is 0.341 e. The Balaban J connectivity index is 1.63. The van der Waals surface area contributed by atoms with Crippen molar-refractivity contribution in [1.82, 2.24) is 25.4 Å². The van der Waals surface area contributed by atoms with Gasteiger partial charge < -0.3 is 9.88 Å². The van der Waals surface area contributed by atoms with Crippen molar-refractivity contribution in [2.45, 2.75) is 48.0 Å². The number of benzene rings is 1. The Labute approximate surface area is 155 Å². The maximum atomic E-state index is 12.7. The van der Waals surface area contributed by atoms with Crippen LogP contribution in [-0.2, 0) is 4.79 Å². The summed E-state index contributed by atoms with van der Waals surface area (Å²) in [6.07, 6.45) is 4.58. The van der Waals surface area contributed by atoms with Gasteiger partial charge >= 0.3 is 6.03 Å². The highest BCUT2D eigenvalue weighted by Gasteiger charge is 2.37. The van der Waals surface area contributed by atoms with Crippen LogP contribution in [0.25, 0.3) is 0 Å². The Kier molecular flexibility index (Phi) is 4.67. The standard InChI is InChI=1S/C18H21N5O2S/c1-19-17(25)20-16(24)14(11-5-3-2-4-6-11)26-18-22-21-15(12-7-8-12)23(18)13-9-10-13/h2-6,12-14H,7-10H2,1H3,(H2,19,20,24,25). The first kappa shape index (κ1) is 17.1. The fourth-order valence-electron chi connectivity index (χ4n) is 2.91. The molecule has 2 fully saturated rings. The number of nitrogens with zero attached hydrogens (tertiary/aromatic N) is 3. The number of carbonyl (C=O) groups excluding carboxylic acids is 2. The summed E-state index contributed by atoms with van der Waals surface area (Å²) in [5, 5.41) is 13.8. The summed E-state index contributed by atoms with van der Waals surface area (Å²) in [5.41, 5.74) is 0.831. The fraction of sp³-hybridized carbons (Fsp3) is 0.444. The minimum atomic E-state index is -0.567. The summed E-state index contributed by atoms with van der Waals surface area (Å²) in [7, 11) is 1.49. The molecule has 2 N–H and O–H groups in total. The topological polar surface area (TPSA) is 88.9 Å². The third-order valence-corrected chi connectivity index (χ3v) is 5.78. The molecule has 2 aliphatic carbocycles. The maximum Gasteiger partial charge on any atom is 0.321 e.